The van der Waals surface area contributed by atoms with Crippen LogP contribution in [0.4, 0.5) is 0 Å². The largest absolute Gasteiger partial charge is 0.370 e. The van der Waals surface area contributed by atoms with Crippen molar-refractivity contribution in [1.82, 2.24) is 9.80 Å². The Morgan fingerprint density at radius 2 is 1.93 bits per heavy atom. The van der Waals surface area contributed by atoms with Crippen molar-refractivity contribution in [3.63, 3.8) is 0 Å². The van der Waals surface area contributed by atoms with Gasteiger partial charge in [0.15, 0.2) is 5.96 Å². The summed E-state index contributed by atoms with van der Waals surface area (Å²) in [6.45, 7) is 7.52. The molecule has 2 saturated heterocycles. The Balaban J connectivity index is 1.57. The number of primary amides is 1. The van der Waals surface area contributed by atoms with Gasteiger partial charge in [-0.05, 0) is 49.3 Å². The van der Waals surface area contributed by atoms with Gasteiger partial charge in [0.1, 0.15) is 0 Å². The number of benzene rings is 1. The highest BCUT2D eigenvalue weighted by Crippen LogP contribution is 2.19. The van der Waals surface area contributed by atoms with Crippen molar-refractivity contribution in [2.24, 2.45) is 28.3 Å². The van der Waals surface area contributed by atoms with Crippen molar-refractivity contribution in [3.05, 3.63) is 35.4 Å². The molecule has 0 aromatic heterocycles. The highest BCUT2D eigenvalue weighted by molar-refractivity contribution is 5.78. The molecule has 2 aliphatic heterocycles. The second-order valence-corrected chi connectivity index (χ2v) is 8.16. The molecule has 0 aliphatic carbocycles. The Morgan fingerprint density at radius 1 is 1.15 bits per heavy atom. The third kappa shape index (κ3) is 5.70. The van der Waals surface area contributed by atoms with Crippen LogP contribution in [0.5, 0.6) is 0 Å². The fourth-order valence-electron chi connectivity index (χ4n) is 4.19. The van der Waals surface area contributed by atoms with Gasteiger partial charge < -0.3 is 16.4 Å². The predicted molar refractivity (Wildman–Crippen MR) is 109 cm³/mol. The maximum atomic E-state index is 11.5. The molecule has 0 saturated carbocycles. The van der Waals surface area contributed by atoms with E-state index in [9.17, 15) is 4.79 Å². The summed E-state index contributed by atoms with van der Waals surface area (Å²) in [7, 11) is 0. The smallest absolute Gasteiger partial charge is 0.221 e. The van der Waals surface area contributed by atoms with Gasteiger partial charge in [-0.3, -0.25) is 9.69 Å². The zero-order chi connectivity index (χ0) is 19.2. The SMILES string of the molecule is CC1CCCN(C(N)=NCc2cccc(CN3CCCC(C(N)=O)C3)c2)C1. The number of rotatable bonds is 5. The number of amides is 1. The third-order valence-corrected chi connectivity index (χ3v) is 5.71. The van der Waals surface area contributed by atoms with Crippen LogP contribution < -0.4 is 11.5 Å². The first-order valence-corrected chi connectivity index (χ1v) is 10.2. The Morgan fingerprint density at radius 3 is 2.70 bits per heavy atom. The molecule has 1 aromatic carbocycles. The molecular weight excluding hydrogens is 338 g/mol. The fraction of sp³-hybridized carbons (Fsp3) is 0.619. The summed E-state index contributed by atoms with van der Waals surface area (Å²) in [6, 6.07) is 8.51. The summed E-state index contributed by atoms with van der Waals surface area (Å²) in [5.74, 6) is 1.15. The number of guanidine groups is 1. The second-order valence-electron chi connectivity index (χ2n) is 8.16. The van der Waals surface area contributed by atoms with E-state index in [1.54, 1.807) is 0 Å². The molecule has 2 atom stereocenters. The van der Waals surface area contributed by atoms with Gasteiger partial charge in [-0.2, -0.15) is 0 Å². The highest BCUT2D eigenvalue weighted by Gasteiger charge is 2.23. The lowest BCUT2D eigenvalue weighted by Crippen LogP contribution is -2.43. The van der Waals surface area contributed by atoms with Crippen LogP contribution in [0.25, 0.3) is 0 Å². The van der Waals surface area contributed by atoms with Crippen LogP contribution in [0.3, 0.4) is 0 Å². The zero-order valence-corrected chi connectivity index (χ0v) is 16.4. The number of nitrogens with two attached hydrogens (primary N) is 2. The van der Waals surface area contributed by atoms with E-state index in [1.165, 1.54) is 24.0 Å². The molecule has 2 fully saturated rings. The molecule has 0 radical (unpaired) electrons. The van der Waals surface area contributed by atoms with E-state index in [-0.39, 0.29) is 11.8 Å². The van der Waals surface area contributed by atoms with Crippen molar-refractivity contribution in [2.75, 3.05) is 26.2 Å². The first-order chi connectivity index (χ1) is 13.0. The number of hydrogen-bond acceptors (Lipinski definition) is 3. The van der Waals surface area contributed by atoms with E-state index in [0.717, 1.165) is 45.6 Å². The fourth-order valence-corrected chi connectivity index (χ4v) is 4.19. The van der Waals surface area contributed by atoms with Crippen molar-refractivity contribution in [2.45, 2.75) is 45.7 Å². The third-order valence-electron chi connectivity index (χ3n) is 5.71. The Bertz CT molecular complexity index is 674. The van der Waals surface area contributed by atoms with Crippen LogP contribution in [0, 0.1) is 11.8 Å². The molecule has 2 unspecified atom stereocenters. The summed E-state index contributed by atoms with van der Waals surface area (Å²) < 4.78 is 0. The lowest BCUT2D eigenvalue weighted by Gasteiger charge is -2.31. The minimum atomic E-state index is -0.176. The van der Waals surface area contributed by atoms with Crippen LogP contribution in [0.15, 0.2) is 29.3 Å². The maximum Gasteiger partial charge on any atom is 0.221 e. The molecule has 0 bridgehead atoms. The summed E-state index contributed by atoms with van der Waals surface area (Å²) in [5, 5.41) is 0. The normalized spacial score (nSPS) is 24.8. The van der Waals surface area contributed by atoms with Crippen LogP contribution in [0.1, 0.15) is 43.7 Å². The van der Waals surface area contributed by atoms with Gasteiger partial charge in [0.25, 0.3) is 0 Å². The molecule has 2 heterocycles. The van der Waals surface area contributed by atoms with Crippen molar-refractivity contribution < 1.29 is 4.79 Å². The Kier molecular flexibility index (Phi) is 6.72. The first kappa shape index (κ1) is 19.7. The average molecular weight is 372 g/mol. The highest BCUT2D eigenvalue weighted by atomic mass is 16.1. The summed E-state index contributed by atoms with van der Waals surface area (Å²) in [5.41, 5.74) is 14.1. The maximum absolute atomic E-state index is 11.5. The molecule has 6 heteroatoms. The molecule has 1 amide bonds. The van der Waals surface area contributed by atoms with Crippen LogP contribution >= 0.6 is 0 Å². The quantitative estimate of drug-likeness (QED) is 0.611. The van der Waals surface area contributed by atoms with E-state index in [4.69, 9.17) is 11.5 Å². The Labute approximate surface area is 162 Å². The average Bonchev–Trinajstić information content (AvgIpc) is 2.66. The van der Waals surface area contributed by atoms with Gasteiger partial charge in [0.2, 0.25) is 5.91 Å². The number of carbonyl (C=O) groups excluding carboxylic acids is 1. The van der Waals surface area contributed by atoms with Gasteiger partial charge in [-0.15, -0.1) is 0 Å². The number of aliphatic imine (C=N–C) groups is 1. The van der Waals surface area contributed by atoms with Crippen molar-refractivity contribution >= 4 is 11.9 Å². The van der Waals surface area contributed by atoms with E-state index in [1.807, 2.05) is 0 Å². The molecule has 6 nitrogen and oxygen atoms in total. The van der Waals surface area contributed by atoms with Gasteiger partial charge in [0, 0.05) is 26.2 Å². The van der Waals surface area contributed by atoms with Gasteiger partial charge in [-0.1, -0.05) is 31.2 Å². The van der Waals surface area contributed by atoms with Gasteiger partial charge in [0.05, 0.1) is 12.5 Å². The number of hydrogen-bond donors (Lipinski definition) is 2. The molecule has 27 heavy (non-hydrogen) atoms. The lowest BCUT2D eigenvalue weighted by atomic mass is 9.97. The lowest BCUT2D eigenvalue weighted by molar-refractivity contribution is -0.123. The molecule has 3 rings (SSSR count). The standard InChI is InChI=1S/C21H33N5O/c1-16-5-3-10-26(13-16)21(23)24-12-17-6-2-7-18(11-17)14-25-9-4-8-19(15-25)20(22)27/h2,6-7,11,16,19H,3-5,8-10,12-15H2,1H3,(H2,22,27)(H2,23,24). The molecule has 148 valence electrons. The minimum absolute atomic E-state index is 0.0155. The van der Waals surface area contributed by atoms with E-state index in [2.05, 4.69) is 46.0 Å². The molecule has 4 N–H and O–H groups in total. The second kappa shape index (κ2) is 9.22. The monoisotopic (exact) mass is 371 g/mol. The van der Waals surface area contributed by atoms with Crippen LogP contribution in [0.2, 0.25) is 0 Å². The van der Waals surface area contributed by atoms with E-state index in [0.29, 0.717) is 18.4 Å². The number of carbonyl (C=O) groups is 1. The Hall–Kier alpha value is -2.08. The summed E-state index contributed by atoms with van der Waals surface area (Å²) in [4.78, 5) is 20.6. The number of piperidine rings is 2. The summed E-state index contributed by atoms with van der Waals surface area (Å²) in [6.07, 6.45) is 4.41. The van der Waals surface area contributed by atoms with Gasteiger partial charge in [-0.25, -0.2) is 4.99 Å². The van der Waals surface area contributed by atoms with Crippen LogP contribution in [-0.4, -0.2) is 47.8 Å². The summed E-state index contributed by atoms with van der Waals surface area (Å²) >= 11 is 0. The topological polar surface area (TPSA) is 87.9 Å². The predicted octanol–water partition coefficient (Wildman–Crippen LogP) is 1.93. The molecule has 0 spiro atoms. The van der Waals surface area contributed by atoms with Crippen molar-refractivity contribution in [3.8, 4) is 0 Å². The van der Waals surface area contributed by atoms with E-state index >= 15 is 0 Å². The van der Waals surface area contributed by atoms with E-state index < -0.39 is 0 Å². The van der Waals surface area contributed by atoms with Crippen LogP contribution in [-0.2, 0) is 17.9 Å². The molecular formula is C21H33N5O. The first-order valence-electron chi connectivity index (χ1n) is 10.2. The van der Waals surface area contributed by atoms with Crippen molar-refractivity contribution in [1.29, 1.82) is 0 Å². The van der Waals surface area contributed by atoms with Gasteiger partial charge >= 0.3 is 0 Å². The zero-order valence-electron chi connectivity index (χ0n) is 16.4. The number of nitrogens with zero attached hydrogens (tertiary/aromatic N) is 3. The molecule has 1 aromatic rings. The minimum Gasteiger partial charge on any atom is -0.370 e. The number of likely N-dealkylation sites (tertiary alicyclic amines) is 2. The molecule has 2 aliphatic rings.